The first-order chi connectivity index (χ1) is 14.6. The van der Waals surface area contributed by atoms with Gasteiger partial charge in [-0.3, -0.25) is 9.59 Å². The van der Waals surface area contributed by atoms with Gasteiger partial charge in [0.05, 0.1) is 12.7 Å². The zero-order valence-electron chi connectivity index (χ0n) is 17.5. The van der Waals surface area contributed by atoms with Gasteiger partial charge < -0.3 is 31.1 Å². The maximum absolute atomic E-state index is 12.3. The number of aliphatic hydroxyl groups excluding tert-OH is 2. The van der Waals surface area contributed by atoms with Gasteiger partial charge in [-0.25, -0.2) is 4.79 Å². The van der Waals surface area contributed by atoms with E-state index < -0.39 is 23.5 Å². The van der Waals surface area contributed by atoms with E-state index in [0.717, 1.165) is 0 Å². The molecular formula is C21H29ClN4O5. The predicted octanol–water partition coefficient (Wildman–Crippen LogP) is 1.46. The first kappa shape index (κ1) is 24.6. The van der Waals surface area contributed by atoms with Gasteiger partial charge in [-0.1, -0.05) is 31.2 Å². The largest absolute Gasteiger partial charge is 0.396 e. The molecule has 2 atom stereocenters. The summed E-state index contributed by atoms with van der Waals surface area (Å²) in [6, 6.07) is 5.93. The lowest BCUT2D eigenvalue weighted by Crippen LogP contribution is -2.53. The van der Waals surface area contributed by atoms with E-state index in [1.54, 1.807) is 36.1 Å². The van der Waals surface area contributed by atoms with Gasteiger partial charge >= 0.3 is 6.03 Å². The molecule has 0 bridgehead atoms. The first-order valence-corrected chi connectivity index (χ1v) is 10.4. The normalized spacial score (nSPS) is 20.6. The van der Waals surface area contributed by atoms with Crippen molar-refractivity contribution in [3.8, 4) is 0 Å². The number of anilines is 1. The van der Waals surface area contributed by atoms with Gasteiger partial charge in [0.1, 0.15) is 5.70 Å². The SMILES string of the molecule is C=C(NC(=O)Nc1cccc(Cl)c1)C(=O)NCCCC(=O)N1CC[C@](C)(CO)[C@H](O)C1. The molecule has 170 valence electrons. The van der Waals surface area contributed by atoms with Crippen LogP contribution in [0.25, 0.3) is 0 Å². The Labute approximate surface area is 186 Å². The van der Waals surface area contributed by atoms with E-state index in [9.17, 15) is 24.6 Å². The standard InChI is InChI=1S/C21H29ClN4O5/c1-14(24-20(31)25-16-6-3-5-15(22)11-16)19(30)23-9-4-7-18(29)26-10-8-21(2,13-27)17(28)12-26/h3,5-6,11,17,27-28H,1,4,7-10,12-13H2,2H3,(H,23,30)(H2,24,25,31)/t17-,21-/m1/s1. The van der Waals surface area contributed by atoms with Crippen molar-refractivity contribution in [3.05, 3.63) is 41.6 Å². The van der Waals surface area contributed by atoms with Crippen molar-refractivity contribution in [1.82, 2.24) is 15.5 Å². The van der Waals surface area contributed by atoms with Crippen molar-refractivity contribution >= 4 is 35.1 Å². The lowest BCUT2D eigenvalue weighted by Gasteiger charge is -2.42. The second-order valence-corrected chi connectivity index (χ2v) is 8.28. The van der Waals surface area contributed by atoms with Gasteiger partial charge in [-0.15, -0.1) is 0 Å². The van der Waals surface area contributed by atoms with Crippen molar-refractivity contribution in [2.45, 2.75) is 32.3 Å². The monoisotopic (exact) mass is 452 g/mol. The van der Waals surface area contributed by atoms with Gasteiger partial charge in [0.2, 0.25) is 5.91 Å². The summed E-state index contributed by atoms with van der Waals surface area (Å²) >= 11 is 5.85. The van der Waals surface area contributed by atoms with Crippen molar-refractivity contribution < 1.29 is 24.6 Å². The minimum absolute atomic E-state index is 0.119. The average molecular weight is 453 g/mol. The van der Waals surface area contributed by atoms with Crippen LogP contribution < -0.4 is 16.0 Å². The van der Waals surface area contributed by atoms with Crippen LogP contribution in [0.1, 0.15) is 26.2 Å². The Balaban J connectivity index is 1.66. The predicted molar refractivity (Wildman–Crippen MR) is 117 cm³/mol. The third kappa shape index (κ3) is 7.23. The fraction of sp³-hybridized carbons (Fsp3) is 0.476. The van der Waals surface area contributed by atoms with Crippen LogP contribution in [-0.2, 0) is 9.59 Å². The maximum Gasteiger partial charge on any atom is 0.323 e. The van der Waals surface area contributed by atoms with Gasteiger partial charge in [0.15, 0.2) is 0 Å². The molecule has 0 aromatic heterocycles. The molecule has 5 N–H and O–H groups in total. The van der Waals surface area contributed by atoms with Crippen molar-refractivity contribution in [2.75, 3.05) is 31.6 Å². The Morgan fingerprint density at radius 2 is 2.10 bits per heavy atom. The van der Waals surface area contributed by atoms with E-state index in [4.69, 9.17) is 11.6 Å². The van der Waals surface area contributed by atoms with Crippen LogP contribution in [0.2, 0.25) is 5.02 Å². The number of rotatable bonds is 8. The van der Waals surface area contributed by atoms with Crippen LogP contribution in [-0.4, -0.2) is 65.3 Å². The van der Waals surface area contributed by atoms with Crippen LogP contribution in [0.15, 0.2) is 36.5 Å². The Morgan fingerprint density at radius 3 is 2.74 bits per heavy atom. The summed E-state index contributed by atoms with van der Waals surface area (Å²) < 4.78 is 0. The summed E-state index contributed by atoms with van der Waals surface area (Å²) in [5.74, 6) is -0.674. The fourth-order valence-electron chi connectivity index (χ4n) is 3.12. The number of aliphatic hydroxyl groups is 2. The van der Waals surface area contributed by atoms with Gasteiger partial charge in [0.25, 0.3) is 5.91 Å². The Hall–Kier alpha value is -2.62. The number of piperidine rings is 1. The summed E-state index contributed by atoms with van der Waals surface area (Å²) in [4.78, 5) is 37.9. The van der Waals surface area contributed by atoms with E-state index in [1.807, 2.05) is 0 Å². The zero-order chi connectivity index (χ0) is 23.0. The van der Waals surface area contributed by atoms with Crippen LogP contribution in [0, 0.1) is 5.41 Å². The highest BCUT2D eigenvalue weighted by Crippen LogP contribution is 2.30. The second-order valence-electron chi connectivity index (χ2n) is 7.85. The Bertz CT molecular complexity index is 834. The summed E-state index contributed by atoms with van der Waals surface area (Å²) in [6.07, 6.45) is 0.354. The molecule has 2 rings (SSSR count). The first-order valence-electron chi connectivity index (χ1n) is 10.0. The summed E-state index contributed by atoms with van der Waals surface area (Å²) in [5.41, 5.74) is -0.246. The Kier molecular flexibility index (Phi) is 8.85. The van der Waals surface area contributed by atoms with E-state index >= 15 is 0 Å². The topological polar surface area (TPSA) is 131 Å². The highest BCUT2D eigenvalue weighted by molar-refractivity contribution is 6.30. The fourth-order valence-corrected chi connectivity index (χ4v) is 3.31. The smallest absolute Gasteiger partial charge is 0.323 e. The lowest BCUT2D eigenvalue weighted by molar-refractivity contribution is -0.140. The number of hydrogen-bond acceptors (Lipinski definition) is 5. The molecule has 0 spiro atoms. The summed E-state index contributed by atoms with van der Waals surface area (Å²) in [7, 11) is 0. The Morgan fingerprint density at radius 1 is 1.35 bits per heavy atom. The molecule has 0 radical (unpaired) electrons. The van der Waals surface area contributed by atoms with E-state index in [2.05, 4.69) is 22.5 Å². The molecule has 1 saturated heterocycles. The molecule has 1 aliphatic heterocycles. The van der Waals surface area contributed by atoms with Crippen LogP contribution in [0.4, 0.5) is 10.5 Å². The summed E-state index contributed by atoms with van der Waals surface area (Å²) in [6.45, 7) is 6.09. The molecule has 1 heterocycles. The number of urea groups is 1. The van der Waals surface area contributed by atoms with Crippen LogP contribution >= 0.6 is 11.6 Å². The third-order valence-electron chi connectivity index (χ3n) is 5.34. The average Bonchev–Trinajstić information content (AvgIpc) is 2.72. The van der Waals surface area contributed by atoms with Crippen LogP contribution in [0.5, 0.6) is 0 Å². The van der Waals surface area contributed by atoms with E-state index in [-0.39, 0.29) is 37.7 Å². The van der Waals surface area contributed by atoms with Gasteiger partial charge in [-0.05, 0) is 31.0 Å². The molecule has 0 saturated carbocycles. The molecule has 10 heteroatoms. The maximum atomic E-state index is 12.3. The number of nitrogens with zero attached hydrogens (tertiary/aromatic N) is 1. The summed E-state index contributed by atoms with van der Waals surface area (Å²) in [5, 5.41) is 27.5. The molecule has 1 fully saturated rings. The lowest BCUT2D eigenvalue weighted by atomic mass is 9.78. The molecule has 1 aromatic carbocycles. The molecule has 0 unspecified atom stereocenters. The number of amides is 4. The van der Waals surface area contributed by atoms with Crippen molar-refractivity contribution in [2.24, 2.45) is 5.41 Å². The molecule has 1 aliphatic rings. The number of benzene rings is 1. The molecule has 9 nitrogen and oxygen atoms in total. The number of likely N-dealkylation sites (tertiary alicyclic amines) is 1. The van der Waals surface area contributed by atoms with E-state index in [0.29, 0.717) is 30.1 Å². The minimum Gasteiger partial charge on any atom is -0.396 e. The molecule has 1 aromatic rings. The van der Waals surface area contributed by atoms with E-state index in [1.165, 1.54) is 0 Å². The highest BCUT2D eigenvalue weighted by Gasteiger charge is 2.38. The number of halogens is 1. The quantitative estimate of drug-likeness (QED) is 0.301. The number of carbonyl (C=O) groups is 3. The third-order valence-corrected chi connectivity index (χ3v) is 5.57. The number of hydrogen-bond donors (Lipinski definition) is 5. The second kappa shape index (κ2) is 11.1. The molecule has 31 heavy (non-hydrogen) atoms. The van der Waals surface area contributed by atoms with Crippen molar-refractivity contribution in [1.29, 1.82) is 0 Å². The minimum atomic E-state index is -0.776. The van der Waals surface area contributed by atoms with Gasteiger partial charge in [-0.2, -0.15) is 0 Å². The number of nitrogens with one attached hydrogen (secondary N) is 3. The van der Waals surface area contributed by atoms with Gasteiger partial charge in [0, 0.05) is 42.2 Å². The zero-order valence-corrected chi connectivity index (χ0v) is 18.2. The van der Waals surface area contributed by atoms with Crippen molar-refractivity contribution in [3.63, 3.8) is 0 Å². The van der Waals surface area contributed by atoms with Crippen LogP contribution in [0.3, 0.4) is 0 Å². The molecule has 0 aliphatic carbocycles. The number of carbonyl (C=O) groups excluding carboxylic acids is 3. The molecule has 4 amide bonds. The highest BCUT2D eigenvalue weighted by atomic mass is 35.5. The molecular weight excluding hydrogens is 424 g/mol. The number of β-amino-alcohol motifs (C(OH)–C–C–N with tert-alkyl or cyclic N) is 1.